The van der Waals surface area contributed by atoms with Crippen molar-refractivity contribution < 1.29 is 14.3 Å². The van der Waals surface area contributed by atoms with Gasteiger partial charge in [0.05, 0.1) is 16.3 Å². The first kappa shape index (κ1) is 18.1. The molecule has 0 saturated carbocycles. The molecule has 0 aliphatic rings. The SMILES string of the molecule is CCc1cc(I)cc2c(Cl)c(-c3ccc(-c4ccc(C(=O)O)cc4)[nH]3)oc12. The van der Waals surface area contributed by atoms with E-state index >= 15 is 0 Å². The van der Waals surface area contributed by atoms with Gasteiger partial charge in [-0.25, -0.2) is 4.79 Å². The molecule has 0 bridgehead atoms. The maximum Gasteiger partial charge on any atom is 0.335 e. The Morgan fingerprint density at radius 2 is 1.85 bits per heavy atom. The van der Waals surface area contributed by atoms with E-state index in [1.54, 1.807) is 24.3 Å². The van der Waals surface area contributed by atoms with Gasteiger partial charge in [0.2, 0.25) is 0 Å². The summed E-state index contributed by atoms with van der Waals surface area (Å²) in [5.41, 5.74) is 4.74. The number of halogens is 2. The number of carbonyl (C=O) groups is 1. The highest BCUT2D eigenvalue weighted by Gasteiger charge is 2.18. The van der Waals surface area contributed by atoms with Crippen molar-refractivity contribution in [3.05, 3.63) is 68.3 Å². The molecule has 2 aromatic heterocycles. The second kappa shape index (κ2) is 7.05. The Morgan fingerprint density at radius 1 is 1.15 bits per heavy atom. The highest BCUT2D eigenvalue weighted by molar-refractivity contribution is 14.1. The van der Waals surface area contributed by atoms with Crippen molar-refractivity contribution in [3.63, 3.8) is 0 Å². The summed E-state index contributed by atoms with van der Waals surface area (Å²) in [6, 6.07) is 14.7. The molecule has 0 unspecified atom stereocenters. The summed E-state index contributed by atoms with van der Waals surface area (Å²) in [6.07, 6.45) is 0.864. The van der Waals surface area contributed by atoms with Gasteiger partial charge in [0.1, 0.15) is 5.58 Å². The van der Waals surface area contributed by atoms with Crippen LogP contribution in [0.4, 0.5) is 0 Å². The van der Waals surface area contributed by atoms with Crippen molar-refractivity contribution in [3.8, 4) is 22.7 Å². The monoisotopic (exact) mass is 491 g/mol. The summed E-state index contributed by atoms with van der Waals surface area (Å²) in [6.45, 7) is 2.09. The zero-order valence-corrected chi connectivity index (χ0v) is 17.3. The van der Waals surface area contributed by atoms with E-state index in [4.69, 9.17) is 21.1 Å². The summed E-state index contributed by atoms with van der Waals surface area (Å²) in [5.74, 6) is -0.332. The molecule has 0 aliphatic heterocycles. The molecule has 4 aromatic rings. The van der Waals surface area contributed by atoms with Gasteiger partial charge < -0.3 is 14.5 Å². The number of carboxylic acid groups (broad SMARTS) is 1. The fraction of sp³-hybridized carbons (Fsp3) is 0.0952. The normalized spacial score (nSPS) is 11.2. The van der Waals surface area contributed by atoms with Crippen LogP contribution in [0.25, 0.3) is 33.7 Å². The van der Waals surface area contributed by atoms with Gasteiger partial charge in [-0.2, -0.15) is 0 Å². The number of H-pyrrole nitrogens is 1. The van der Waals surface area contributed by atoms with Crippen molar-refractivity contribution in [2.45, 2.75) is 13.3 Å². The largest absolute Gasteiger partial charge is 0.478 e. The Morgan fingerprint density at radius 3 is 2.52 bits per heavy atom. The molecule has 6 heteroatoms. The van der Waals surface area contributed by atoms with E-state index in [0.29, 0.717) is 10.8 Å². The third kappa shape index (κ3) is 3.26. The Hall–Kier alpha value is -2.25. The van der Waals surface area contributed by atoms with Gasteiger partial charge in [0, 0.05) is 14.7 Å². The summed E-state index contributed by atoms with van der Waals surface area (Å²) < 4.78 is 7.24. The number of nitrogens with one attached hydrogen (secondary N) is 1. The van der Waals surface area contributed by atoms with Crippen LogP contribution in [0.5, 0.6) is 0 Å². The summed E-state index contributed by atoms with van der Waals surface area (Å²) in [7, 11) is 0. The number of aromatic carboxylic acids is 1. The molecule has 0 amide bonds. The van der Waals surface area contributed by atoms with Gasteiger partial charge >= 0.3 is 5.97 Å². The number of aromatic amines is 1. The molecular formula is C21H15ClINO3. The molecule has 2 N–H and O–H groups in total. The molecule has 0 saturated heterocycles. The Kier molecular flexibility index (Phi) is 4.74. The minimum Gasteiger partial charge on any atom is -0.478 e. The van der Waals surface area contributed by atoms with Crippen molar-refractivity contribution in [1.29, 1.82) is 0 Å². The third-order valence-corrected chi connectivity index (χ3v) is 5.52. The van der Waals surface area contributed by atoms with Crippen LogP contribution in [-0.2, 0) is 6.42 Å². The van der Waals surface area contributed by atoms with Crippen LogP contribution in [0.1, 0.15) is 22.8 Å². The number of hydrogen-bond acceptors (Lipinski definition) is 2. The number of fused-ring (bicyclic) bond motifs is 1. The summed E-state index contributed by atoms with van der Waals surface area (Å²) in [5, 5.41) is 10.5. The van der Waals surface area contributed by atoms with Gasteiger partial charge in [-0.05, 0) is 76.5 Å². The number of aryl methyl sites for hydroxylation is 1. The lowest BCUT2D eigenvalue weighted by molar-refractivity contribution is 0.0697. The lowest BCUT2D eigenvalue weighted by atomic mass is 10.1. The predicted molar refractivity (Wildman–Crippen MR) is 116 cm³/mol. The smallest absolute Gasteiger partial charge is 0.335 e. The average molecular weight is 492 g/mol. The number of aromatic nitrogens is 1. The van der Waals surface area contributed by atoms with E-state index in [-0.39, 0.29) is 5.56 Å². The van der Waals surface area contributed by atoms with Gasteiger partial charge in [-0.3, -0.25) is 0 Å². The first-order valence-electron chi connectivity index (χ1n) is 8.41. The quantitative estimate of drug-likeness (QED) is 0.316. The van der Waals surface area contributed by atoms with Gasteiger partial charge in [-0.15, -0.1) is 0 Å². The molecule has 4 rings (SSSR count). The topological polar surface area (TPSA) is 66.2 Å². The number of hydrogen-bond donors (Lipinski definition) is 2. The second-order valence-corrected chi connectivity index (χ2v) is 7.83. The fourth-order valence-corrected chi connectivity index (χ4v) is 4.10. The molecule has 2 aromatic carbocycles. The van der Waals surface area contributed by atoms with Crippen LogP contribution < -0.4 is 0 Å². The fourth-order valence-electron chi connectivity index (χ4n) is 3.13. The number of benzene rings is 2. The molecule has 0 fully saturated rings. The highest BCUT2D eigenvalue weighted by atomic mass is 127. The number of furan rings is 1. The Bertz CT molecular complexity index is 1160. The van der Waals surface area contributed by atoms with E-state index in [2.05, 4.69) is 40.6 Å². The first-order valence-corrected chi connectivity index (χ1v) is 9.87. The molecule has 0 atom stereocenters. The summed E-state index contributed by atoms with van der Waals surface area (Å²) >= 11 is 8.91. The minimum absolute atomic E-state index is 0.257. The Labute approximate surface area is 174 Å². The van der Waals surface area contributed by atoms with Crippen molar-refractivity contribution >= 4 is 51.1 Å². The average Bonchev–Trinajstić information content (AvgIpc) is 3.27. The van der Waals surface area contributed by atoms with Crippen molar-refractivity contribution in [2.75, 3.05) is 0 Å². The van der Waals surface area contributed by atoms with Gasteiger partial charge in [0.25, 0.3) is 0 Å². The molecule has 0 aliphatic carbocycles. The molecule has 136 valence electrons. The first-order chi connectivity index (χ1) is 13.0. The molecule has 0 radical (unpaired) electrons. The van der Waals surface area contributed by atoms with Gasteiger partial charge in [0.15, 0.2) is 5.76 Å². The maximum atomic E-state index is 11.0. The van der Waals surface area contributed by atoms with E-state index in [1.807, 2.05) is 18.2 Å². The van der Waals surface area contributed by atoms with Gasteiger partial charge in [-0.1, -0.05) is 30.7 Å². The number of carboxylic acids is 1. The van der Waals surface area contributed by atoms with Crippen molar-refractivity contribution in [1.82, 2.24) is 4.98 Å². The van der Waals surface area contributed by atoms with Crippen LogP contribution in [0.2, 0.25) is 5.02 Å². The van der Waals surface area contributed by atoms with E-state index in [0.717, 1.165) is 43.5 Å². The highest BCUT2D eigenvalue weighted by Crippen LogP contribution is 2.40. The lowest BCUT2D eigenvalue weighted by Crippen LogP contribution is -1.94. The molecule has 4 nitrogen and oxygen atoms in total. The van der Waals surface area contributed by atoms with Crippen LogP contribution in [0, 0.1) is 3.57 Å². The van der Waals surface area contributed by atoms with E-state index < -0.39 is 5.97 Å². The zero-order chi connectivity index (χ0) is 19.1. The maximum absolute atomic E-state index is 11.0. The summed E-state index contributed by atoms with van der Waals surface area (Å²) in [4.78, 5) is 14.3. The molecule has 0 spiro atoms. The molecule has 27 heavy (non-hydrogen) atoms. The van der Waals surface area contributed by atoms with Crippen molar-refractivity contribution in [2.24, 2.45) is 0 Å². The minimum atomic E-state index is -0.941. The zero-order valence-electron chi connectivity index (χ0n) is 14.3. The van der Waals surface area contributed by atoms with E-state index in [9.17, 15) is 4.79 Å². The van der Waals surface area contributed by atoms with Crippen LogP contribution in [0.15, 0.2) is 52.9 Å². The molecule has 2 heterocycles. The predicted octanol–water partition coefficient (Wildman–Crippen LogP) is 6.61. The van der Waals surface area contributed by atoms with Crippen LogP contribution in [0.3, 0.4) is 0 Å². The van der Waals surface area contributed by atoms with E-state index in [1.165, 1.54) is 0 Å². The standard InChI is InChI=1S/C21H15ClINO3/c1-2-11-9-14(23)10-15-18(22)20(27-19(11)15)17-8-7-16(24-17)12-3-5-13(6-4-12)21(25)26/h3-10,24H,2H2,1H3,(H,25,26). The third-order valence-electron chi connectivity index (χ3n) is 4.52. The van der Waals surface area contributed by atoms with Crippen LogP contribution >= 0.6 is 34.2 Å². The number of rotatable bonds is 4. The second-order valence-electron chi connectivity index (χ2n) is 6.21. The molecular weight excluding hydrogens is 477 g/mol. The van der Waals surface area contributed by atoms with Crippen LogP contribution in [-0.4, -0.2) is 16.1 Å². The Balaban J connectivity index is 1.77. The lowest BCUT2D eigenvalue weighted by Gasteiger charge is -2.00.